The van der Waals surface area contributed by atoms with Crippen molar-refractivity contribution in [1.29, 1.82) is 0 Å². The van der Waals surface area contributed by atoms with Crippen LogP contribution in [0.1, 0.15) is 32.1 Å². The van der Waals surface area contributed by atoms with Gasteiger partial charge in [-0.05, 0) is 19.4 Å². The molecule has 0 aliphatic heterocycles. The number of nitrogens with one attached hydrogen (secondary N) is 1. The molecule has 2 aromatic heterocycles. The summed E-state index contributed by atoms with van der Waals surface area (Å²) in [5.74, 6) is -1.05. The first-order valence-corrected chi connectivity index (χ1v) is 6.91. The standard InChI is InChI=1S/C15H15N3O6/c1-8-13(15(21)24-3)9(2)16-14(8)11(19)7-17-6-10(18(22)23)4-5-12(17)20/h4-6,16H,7H2,1-3H3. The zero-order chi connectivity index (χ0) is 18.0. The van der Waals surface area contributed by atoms with E-state index in [1.165, 1.54) is 7.11 Å². The molecule has 2 heterocycles. The number of rotatable bonds is 5. The predicted octanol–water partition coefficient (Wildman–Crippen LogP) is 1.37. The van der Waals surface area contributed by atoms with Gasteiger partial charge in [-0.25, -0.2) is 4.79 Å². The molecule has 0 aliphatic rings. The van der Waals surface area contributed by atoms with Crippen LogP contribution in [0.25, 0.3) is 0 Å². The van der Waals surface area contributed by atoms with Gasteiger partial charge in [0.1, 0.15) is 0 Å². The smallest absolute Gasteiger partial charge is 0.339 e. The SMILES string of the molecule is COC(=O)c1c(C)[nH]c(C(=O)Cn2cc([N+](=O)[O-])ccc2=O)c1C. The summed E-state index contributed by atoms with van der Waals surface area (Å²) in [7, 11) is 1.23. The van der Waals surface area contributed by atoms with Crippen LogP contribution in [0.2, 0.25) is 0 Å². The fourth-order valence-electron chi connectivity index (χ4n) is 2.42. The monoisotopic (exact) mass is 333 g/mol. The number of Topliss-reactive ketones (excluding diaryl/α,β-unsaturated/α-hetero) is 1. The highest BCUT2D eigenvalue weighted by Gasteiger charge is 2.23. The van der Waals surface area contributed by atoms with Crippen LogP contribution in [0.15, 0.2) is 23.1 Å². The fraction of sp³-hybridized carbons (Fsp3) is 0.267. The summed E-state index contributed by atoms with van der Waals surface area (Å²) in [6.07, 6.45) is 1.01. The van der Waals surface area contributed by atoms with Gasteiger partial charge in [0, 0.05) is 17.8 Å². The third kappa shape index (κ3) is 3.09. The highest BCUT2D eigenvalue weighted by molar-refractivity contribution is 6.01. The molecule has 126 valence electrons. The number of ether oxygens (including phenoxy) is 1. The Morgan fingerprint density at radius 1 is 1.33 bits per heavy atom. The predicted molar refractivity (Wildman–Crippen MR) is 83.3 cm³/mol. The van der Waals surface area contributed by atoms with Crippen molar-refractivity contribution in [3.05, 3.63) is 61.3 Å². The third-order valence-electron chi connectivity index (χ3n) is 3.60. The number of carbonyl (C=O) groups is 2. The average molecular weight is 333 g/mol. The van der Waals surface area contributed by atoms with E-state index in [1.807, 2.05) is 0 Å². The minimum Gasteiger partial charge on any atom is -0.465 e. The first-order chi connectivity index (χ1) is 11.3. The summed E-state index contributed by atoms with van der Waals surface area (Å²) in [4.78, 5) is 48.9. The van der Waals surface area contributed by atoms with E-state index in [0.717, 1.165) is 22.9 Å². The molecule has 9 heteroatoms. The zero-order valence-electron chi connectivity index (χ0n) is 13.3. The van der Waals surface area contributed by atoms with Crippen molar-refractivity contribution in [1.82, 2.24) is 9.55 Å². The Morgan fingerprint density at radius 3 is 2.58 bits per heavy atom. The Hall–Kier alpha value is -3.23. The number of hydrogen-bond donors (Lipinski definition) is 1. The molecule has 0 bridgehead atoms. The zero-order valence-corrected chi connectivity index (χ0v) is 13.3. The van der Waals surface area contributed by atoms with Crippen LogP contribution >= 0.6 is 0 Å². The molecule has 0 saturated heterocycles. The lowest BCUT2D eigenvalue weighted by molar-refractivity contribution is -0.385. The minimum atomic E-state index is -0.653. The Labute approximate surface area is 136 Å². The molecular weight excluding hydrogens is 318 g/mol. The van der Waals surface area contributed by atoms with E-state index in [-0.39, 0.29) is 23.5 Å². The highest BCUT2D eigenvalue weighted by Crippen LogP contribution is 2.19. The molecule has 0 amide bonds. The van der Waals surface area contributed by atoms with Crippen LogP contribution in [0.4, 0.5) is 5.69 Å². The van der Waals surface area contributed by atoms with Crippen LogP contribution < -0.4 is 5.56 Å². The number of nitro groups is 1. The number of esters is 1. The van der Waals surface area contributed by atoms with Gasteiger partial charge >= 0.3 is 5.97 Å². The van der Waals surface area contributed by atoms with Gasteiger partial charge in [-0.1, -0.05) is 0 Å². The van der Waals surface area contributed by atoms with E-state index in [9.17, 15) is 24.5 Å². The molecule has 0 saturated carbocycles. The molecule has 2 aromatic rings. The molecule has 0 unspecified atom stereocenters. The van der Waals surface area contributed by atoms with Gasteiger partial charge in [0.2, 0.25) is 0 Å². The van der Waals surface area contributed by atoms with Crippen molar-refractivity contribution in [3.8, 4) is 0 Å². The molecule has 1 N–H and O–H groups in total. The normalized spacial score (nSPS) is 10.5. The minimum absolute atomic E-state index is 0.159. The molecule has 24 heavy (non-hydrogen) atoms. The van der Waals surface area contributed by atoms with Crippen molar-refractivity contribution < 1.29 is 19.2 Å². The average Bonchev–Trinajstić information content (AvgIpc) is 2.83. The maximum Gasteiger partial charge on any atom is 0.339 e. The molecule has 0 aromatic carbocycles. The Morgan fingerprint density at radius 2 is 2.00 bits per heavy atom. The second-order valence-corrected chi connectivity index (χ2v) is 5.15. The number of aryl methyl sites for hydroxylation is 1. The lowest BCUT2D eigenvalue weighted by Gasteiger charge is -2.05. The molecule has 0 aliphatic carbocycles. The number of carbonyl (C=O) groups excluding carboxylic acids is 2. The van der Waals surface area contributed by atoms with E-state index in [2.05, 4.69) is 9.72 Å². The van der Waals surface area contributed by atoms with Crippen LogP contribution in [0.3, 0.4) is 0 Å². The molecular formula is C15H15N3O6. The van der Waals surface area contributed by atoms with Crippen molar-refractivity contribution >= 4 is 17.4 Å². The van der Waals surface area contributed by atoms with Gasteiger partial charge in [-0.2, -0.15) is 0 Å². The maximum atomic E-state index is 12.4. The van der Waals surface area contributed by atoms with Crippen molar-refractivity contribution in [3.63, 3.8) is 0 Å². The number of ketones is 1. The molecule has 0 spiro atoms. The van der Waals surface area contributed by atoms with Crippen LogP contribution in [0, 0.1) is 24.0 Å². The lowest BCUT2D eigenvalue weighted by Crippen LogP contribution is -2.24. The van der Waals surface area contributed by atoms with Crippen LogP contribution in [-0.4, -0.2) is 33.3 Å². The third-order valence-corrected chi connectivity index (χ3v) is 3.60. The summed E-state index contributed by atoms with van der Waals surface area (Å²) in [5, 5.41) is 10.8. The number of H-pyrrole nitrogens is 1. The number of aromatic nitrogens is 2. The number of aromatic amines is 1. The van der Waals surface area contributed by atoms with Crippen LogP contribution in [-0.2, 0) is 11.3 Å². The van der Waals surface area contributed by atoms with Crippen LogP contribution in [0.5, 0.6) is 0 Å². The number of hydrogen-bond acceptors (Lipinski definition) is 6. The lowest BCUT2D eigenvalue weighted by atomic mass is 10.1. The summed E-state index contributed by atoms with van der Waals surface area (Å²) < 4.78 is 5.62. The van der Waals surface area contributed by atoms with Gasteiger partial charge < -0.3 is 14.3 Å². The van der Waals surface area contributed by atoms with Crippen molar-refractivity contribution in [2.24, 2.45) is 0 Å². The van der Waals surface area contributed by atoms with E-state index in [1.54, 1.807) is 13.8 Å². The molecule has 0 radical (unpaired) electrons. The molecule has 2 rings (SSSR count). The van der Waals surface area contributed by atoms with Crippen molar-refractivity contribution in [2.75, 3.05) is 7.11 Å². The largest absolute Gasteiger partial charge is 0.465 e. The Bertz CT molecular complexity index is 893. The summed E-state index contributed by atoms with van der Waals surface area (Å²) in [6, 6.07) is 2.10. The highest BCUT2D eigenvalue weighted by atomic mass is 16.6. The number of methoxy groups -OCH3 is 1. The second-order valence-electron chi connectivity index (χ2n) is 5.15. The summed E-state index contributed by atoms with van der Waals surface area (Å²) >= 11 is 0. The summed E-state index contributed by atoms with van der Waals surface area (Å²) in [6.45, 7) is 2.82. The van der Waals surface area contributed by atoms with E-state index in [0.29, 0.717) is 11.3 Å². The number of pyridine rings is 1. The fourth-order valence-corrected chi connectivity index (χ4v) is 2.42. The van der Waals surface area contributed by atoms with Gasteiger partial charge in [-0.15, -0.1) is 0 Å². The van der Waals surface area contributed by atoms with Gasteiger partial charge in [0.25, 0.3) is 11.2 Å². The molecule has 0 atom stereocenters. The van der Waals surface area contributed by atoms with E-state index >= 15 is 0 Å². The molecule has 0 fully saturated rings. The van der Waals surface area contributed by atoms with E-state index in [4.69, 9.17) is 0 Å². The Kier molecular flexibility index (Phi) is 4.63. The van der Waals surface area contributed by atoms with Gasteiger partial charge in [-0.3, -0.25) is 19.7 Å². The van der Waals surface area contributed by atoms with Crippen molar-refractivity contribution in [2.45, 2.75) is 20.4 Å². The first kappa shape index (κ1) is 17.1. The second kappa shape index (κ2) is 6.49. The first-order valence-electron chi connectivity index (χ1n) is 6.91. The van der Waals surface area contributed by atoms with Gasteiger partial charge in [0.15, 0.2) is 5.78 Å². The summed E-state index contributed by atoms with van der Waals surface area (Å²) in [5.41, 5.74) is 0.454. The Balaban J connectivity index is 2.38. The quantitative estimate of drug-likeness (QED) is 0.381. The topological polar surface area (TPSA) is 124 Å². The number of nitrogens with zero attached hydrogens (tertiary/aromatic N) is 2. The van der Waals surface area contributed by atoms with E-state index < -0.39 is 22.2 Å². The maximum absolute atomic E-state index is 12.4. The molecule has 9 nitrogen and oxygen atoms in total. The van der Waals surface area contributed by atoms with Gasteiger partial charge in [0.05, 0.1) is 36.0 Å².